The lowest BCUT2D eigenvalue weighted by molar-refractivity contribution is -0.131. The molecule has 1 fully saturated rings. The third-order valence-corrected chi connectivity index (χ3v) is 5.25. The molecule has 2 heterocycles. The third kappa shape index (κ3) is 3.16. The maximum Gasteiger partial charge on any atom is 0.315 e. The lowest BCUT2D eigenvalue weighted by Gasteiger charge is -2.47. The van der Waals surface area contributed by atoms with Crippen LogP contribution >= 0.6 is 0 Å². The number of furan rings is 1. The van der Waals surface area contributed by atoms with Gasteiger partial charge in [-0.2, -0.15) is 0 Å². The summed E-state index contributed by atoms with van der Waals surface area (Å²) in [5.41, 5.74) is 10.8. The Morgan fingerprint density at radius 1 is 1.33 bits per heavy atom. The maximum absolute atomic E-state index is 13.6. The number of halogens is 1. The summed E-state index contributed by atoms with van der Waals surface area (Å²) < 4.78 is 19.2. The summed E-state index contributed by atoms with van der Waals surface area (Å²) >= 11 is 0. The highest BCUT2D eigenvalue weighted by atomic mass is 19.1. The first-order valence-electron chi connectivity index (χ1n) is 8.62. The molecule has 1 saturated heterocycles. The Morgan fingerprint density at radius 3 is 2.63 bits per heavy atom. The first-order chi connectivity index (χ1) is 12.8. The van der Waals surface area contributed by atoms with Crippen LogP contribution in [0.2, 0.25) is 0 Å². The number of carbonyl (C=O) groups is 2. The minimum Gasteiger partial charge on any atom is -0.463 e. The normalized spacial score (nSPS) is 22.6. The van der Waals surface area contributed by atoms with Gasteiger partial charge >= 0.3 is 6.03 Å². The molecule has 2 unspecified atom stereocenters. The molecule has 1 aromatic carbocycles. The second kappa shape index (κ2) is 7.03. The summed E-state index contributed by atoms with van der Waals surface area (Å²) in [5, 5.41) is 9.22. The van der Waals surface area contributed by atoms with Crippen LogP contribution in [0.15, 0.2) is 34.7 Å². The van der Waals surface area contributed by atoms with E-state index in [0.29, 0.717) is 29.1 Å². The number of aliphatic hydroxyl groups is 1. The molecule has 3 rings (SSSR count). The lowest BCUT2D eigenvalue weighted by atomic mass is 9.73. The van der Waals surface area contributed by atoms with Crippen molar-refractivity contribution in [1.82, 2.24) is 4.90 Å². The van der Waals surface area contributed by atoms with Gasteiger partial charge in [-0.15, -0.1) is 0 Å². The van der Waals surface area contributed by atoms with Crippen molar-refractivity contribution in [1.29, 1.82) is 0 Å². The molecule has 1 aliphatic rings. The molecular weight excluding hydrogens is 353 g/mol. The molecule has 3 amide bonds. The largest absolute Gasteiger partial charge is 0.463 e. The SMILES string of the molecule is Cc1cc(F)ccc1C1(C(N)=O)CC(c2ccc(CO)o2)CCN1C(N)=O. The van der Waals surface area contributed by atoms with Crippen molar-refractivity contribution >= 4 is 11.9 Å². The van der Waals surface area contributed by atoms with Gasteiger partial charge in [0.15, 0.2) is 0 Å². The molecule has 0 aliphatic carbocycles. The monoisotopic (exact) mass is 375 g/mol. The van der Waals surface area contributed by atoms with Crippen molar-refractivity contribution < 1.29 is 23.5 Å². The molecular formula is C19H22FN3O4. The number of likely N-dealkylation sites (tertiary alicyclic amines) is 1. The first-order valence-corrected chi connectivity index (χ1v) is 8.62. The van der Waals surface area contributed by atoms with E-state index in [1.165, 1.54) is 23.1 Å². The van der Waals surface area contributed by atoms with Gasteiger partial charge in [-0.05, 0) is 55.2 Å². The highest BCUT2D eigenvalue weighted by Crippen LogP contribution is 2.45. The van der Waals surface area contributed by atoms with Gasteiger partial charge in [0.2, 0.25) is 5.91 Å². The number of hydrogen-bond donors (Lipinski definition) is 3. The quantitative estimate of drug-likeness (QED) is 0.755. The number of aliphatic hydroxyl groups excluding tert-OH is 1. The predicted molar refractivity (Wildman–Crippen MR) is 94.9 cm³/mol. The van der Waals surface area contributed by atoms with Crippen molar-refractivity contribution in [3.8, 4) is 0 Å². The van der Waals surface area contributed by atoms with Crippen molar-refractivity contribution in [2.75, 3.05) is 6.54 Å². The van der Waals surface area contributed by atoms with Gasteiger partial charge in [-0.3, -0.25) is 4.79 Å². The average molecular weight is 375 g/mol. The van der Waals surface area contributed by atoms with Crippen LogP contribution in [0.1, 0.15) is 41.4 Å². The summed E-state index contributed by atoms with van der Waals surface area (Å²) in [6.45, 7) is 1.61. The Labute approximate surface area is 155 Å². The lowest BCUT2D eigenvalue weighted by Crippen LogP contribution is -2.62. The number of urea groups is 1. The number of piperidine rings is 1. The molecule has 8 heteroatoms. The number of nitrogens with two attached hydrogens (primary N) is 2. The Morgan fingerprint density at radius 2 is 2.07 bits per heavy atom. The molecule has 1 aromatic heterocycles. The molecule has 2 atom stereocenters. The number of rotatable bonds is 4. The molecule has 144 valence electrons. The van der Waals surface area contributed by atoms with E-state index < -0.39 is 23.3 Å². The van der Waals surface area contributed by atoms with Crippen LogP contribution in [0.3, 0.4) is 0 Å². The second-order valence-electron chi connectivity index (χ2n) is 6.83. The second-order valence-corrected chi connectivity index (χ2v) is 6.83. The Balaban J connectivity index is 2.12. The zero-order valence-corrected chi connectivity index (χ0v) is 14.9. The number of primary amides is 2. The number of amides is 3. The summed E-state index contributed by atoms with van der Waals surface area (Å²) in [5.74, 6) is -0.418. The van der Waals surface area contributed by atoms with E-state index in [1.807, 2.05) is 0 Å². The third-order valence-electron chi connectivity index (χ3n) is 5.25. The molecule has 0 radical (unpaired) electrons. The van der Waals surface area contributed by atoms with Gasteiger partial charge in [0.05, 0.1) is 0 Å². The molecule has 27 heavy (non-hydrogen) atoms. The van der Waals surface area contributed by atoms with E-state index in [-0.39, 0.29) is 25.5 Å². The van der Waals surface area contributed by atoms with Crippen LogP contribution in [0.4, 0.5) is 9.18 Å². The predicted octanol–water partition coefficient (Wildman–Crippen LogP) is 1.86. The van der Waals surface area contributed by atoms with E-state index in [4.69, 9.17) is 15.9 Å². The van der Waals surface area contributed by atoms with Gasteiger partial charge in [-0.25, -0.2) is 9.18 Å². The average Bonchev–Trinajstić information content (AvgIpc) is 3.10. The number of nitrogens with zero attached hydrogens (tertiary/aromatic N) is 1. The number of hydrogen-bond acceptors (Lipinski definition) is 4. The van der Waals surface area contributed by atoms with Crippen molar-refractivity contribution in [2.24, 2.45) is 11.5 Å². The van der Waals surface area contributed by atoms with Gasteiger partial charge in [0, 0.05) is 12.5 Å². The molecule has 1 aliphatic heterocycles. The van der Waals surface area contributed by atoms with Crippen LogP contribution in [0.5, 0.6) is 0 Å². The molecule has 0 spiro atoms. The smallest absolute Gasteiger partial charge is 0.315 e. The Bertz CT molecular complexity index is 882. The van der Waals surface area contributed by atoms with Gasteiger partial charge in [0.25, 0.3) is 0 Å². The fourth-order valence-corrected chi connectivity index (χ4v) is 4.00. The van der Waals surface area contributed by atoms with Crippen LogP contribution in [0, 0.1) is 12.7 Å². The van der Waals surface area contributed by atoms with E-state index in [2.05, 4.69) is 0 Å². The highest BCUT2D eigenvalue weighted by Gasteiger charge is 2.51. The van der Waals surface area contributed by atoms with Crippen LogP contribution in [-0.2, 0) is 16.9 Å². The van der Waals surface area contributed by atoms with Crippen molar-refractivity contribution in [3.05, 3.63) is 58.8 Å². The van der Waals surface area contributed by atoms with Crippen LogP contribution in [-0.4, -0.2) is 28.5 Å². The summed E-state index contributed by atoms with van der Waals surface area (Å²) in [7, 11) is 0. The minimum absolute atomic E-state index is 0.149. The van der Waals surface area contributed by atoms with E-state index in [1.54, 1.807) is 19.1 Å². The standard InChI is InChI=1S/C19H22FN3O4/c1-11-8-13(20)2-4-15(11)19(17(21)25)9-12(6-7-23(19)18(22)26)16-5-3-14(10-24)27-16/h2-5,8,12,24H,6-7,9-10H2,1H3,(H2,21,25)(H2,22,26). The van der Waals surface area contributed by atoms with Crippen LogP contribution in [0.25, 0.3) is 0 Å². The zero-order valence-electron chi connectivity index (χ0n) is 14.9. The fraction of sp³-hybridized carbons (Fsp3) is 0.368. The van der Waals surface area contributed by atoms with Gasteiger partial charge < -0.3 is 25.9 Å². The molecule has 2 aromatic rings. The summed E-state index contributed by atoms with van der Waals surface area (Å²) in [6, 6.07) is 6.61. The molecule has 0 saturated carbocycles. The number of benzene rings is 1. The van der Waals surface area contributed by atoms with Gasteiger partial charge in [0.1, 0.15) is 29.5 Å². The zero-order chi connectivity index (χ0) is 19.8. The van der Waals surface area contributed by atoms with Gasteiger partial charge in [-0.1, -0.05) is 6.07 Å². The molecule has 7 nitrogen and oxygen atoms in total. The van der Waals surface area contributed by atoms with E-state index >= 15 is 0 Å². The van der Waals surface area contributed by atoms with Crippen molar-refractivity contribution in [2.45, 2.75) is 37.8 Å². The number of carbonyl (C=O) groups excluding carboxylic acids is 2. The first kappa shape index (κ1) is 18.9. The topological polar surface area (TPSA) is 123 Å². The van der Waals surface area contributed by atoms with Crippen molar-refractivity contribution in [3.63, 3.8) is 0 Å². The molecule has 5 N–H and O–H groups in total. The summed E-state index contributed by atoms with van der Waals surface area (Å²) in [4.78, 5) is 26.1. The maximum atomic E-state index is 13.6. The highest BCUT2D eigenvalue weighted by molar-refractivity contribution is 5.91. The number of aryl methyl sites for hydroxylation is 1. The molecule has 0 bridgehead atoms. The minimum atomic E-state index is -1.52. The van der Waals surface area contributed by atoms with Crippen LogP contribution < -0.4 is 11.5 Å². The Hall–Kier alpha value is -2.87. The van der Waals surface area contributed by atoms with E-state index in [0.717, 1.165) is 0 Å². The summed E-state index contributed by atoms with van der Waals surface area (Å²) in [6.07, 6.45) is 0.659. The van der Waals surface area contributed by atoms with E-state index in [9.17, 15) is 19.1 Å². The fourth-order valence-electron chi connectivity index (χ4n) is 4.00. The Kier molecular flexibility index (Phi) is 4.93.